The van der Waals surface area contributed by atoms with Crippen molar-refractivity contribution in [2.75, 3.05) is 26.9 Å². The molecule has 2 N–H and O–H groups in total. The largest absolute Gasteiger partial charge is 0.469 e. The molecular formula is C45H58O15Si. The molecule has 0 amide bonds. The predicted molar refractivity (Wildman–Crippen MR) is 222 cm³/mol. The first-order valence-electron chi connectivity index (χ1n) is 20.5. The van der Waals surface area contributed by atoms with E-state index < -0.39 is 88.1 Å². The number of benzene rings is 3. The second kappa shape index (κ2) is 22.0. The van der Waals surface area contributed by atoms with Crippen LogP contribution in [0.3, 0.4) is 0 Å². The van der Waals surface area contributed by atoms with E-state index >= 15 is 0 Å². The molecule has 2 aliphatic rings. The Bertz CT molecular complexity index is 1860. The molecular weight excluding hydrogens is 809 g/mol. The number of hydrogen-bond acceptors (Lipinski definition) is 15. The van der Waals surface area contributed by atoms with Crippen LogP contribution in [-0.2, 0) is 47.1 Å². The molecule has 5 rings (SSSR count). The SMILES string of the molecule is COC(=O)CCCCCO[C@@H]1O[C@H](CO[Si](C)(C)C(C)(C)C)[C@@H](O)[C@H](O)[C@@H]1O[C@@H]1OC[C@@H](OC(=O)c2ccccc2)[C@H](OC(=O)c2ccccc2)[C@H]1OC(=O)c1ccccc1. The molecule has 0 aliphatic carbocycles. The van der Waals surface area contributed by atoms with Gasteiger partial charge in [0.25, 0.3) is 0 Å². The van der Waals surface area contributed by atoms with Crippen LogP contribution in [0.2, 0.25) is 18.1 Å². The van der Waals surface area contributed by atoms with Gasteiger partial charge in [-0.3, -0.25) is 4.79 Å². The van der Waals surface area contributed by atoms with E-state index in [-0.39, 0.29) is 47.3 Å². The lowest BCUT2D eigenvalue weighted by Crippen LogP contribution is -2.64. The molecule has 0 bridgehead atoms. The maximum atomic E-state index is 13.8. The van der Waals surface area contributed by atoms with Gasteiger partial charge in [0.2, 0.25) is 0 Å². The monoisotopic (exact) mass is 866 g/mol. The van der Waals surface area contributed by atoms with Crippen molar-refractivity contribution in [3.05, 3.63) is 108 Å². The van der Waals surface area contributed by atoms with Crippen LogP contribution in [-0.4, -0.2) is 125 Å². The standard InChI is InChI=1S/C45H58O15Si/c1-45(2,3)61(5,6)55-28-32-35(47)36(48)38(43(57-32)53-26-18-10-17-25-34(46)52-4)60-44-39(59-42(51)31-23-15-9-16-24-31)37(58-41(50)30-21-13-8-14-22-30)33(27-54-44)56-40(49)29-19-11-7-12-20-29/h7-9,11-16,19-24,32-33,35-39,43-44,47-48H,10,17-18,25-28H2,1-6H3/t32-,33-,35-,36+,37+,38+,39-,43-,44+/m1/s1. The Hall–Kier alpha value is -4.52. The molecule has 2 fully saturated rings. The second-order valence-corrected chi connectivity index (χ2v) is 21.2. The first kappa shape index (κ1) is 47.5. The third-order valence-corrected chi connectivity index (χ3v) is 15.5. The molecule has 2 aliphatic heterocycles. The highest BCUT2D eigenvalue weighted by Gasteiger charge is 2.53. The van der Waals surface area contributed by atoms with Gasteiger partial charge >= 0.3 is 23.9 Å². The van der Waals surface area contributed by atoms with Gasteiger partial charge in [0.05, 0.1) is 37.0 Å². The number of ether oxygens (including phenoxy) is 8. The van der Waals surface area contributed by atoms with Crippen LogP contribution in [0.4, 0.5) is 0 Å². The smallest absolute Gasteiger partial charge is 0.338 e. The molecule has 9 atom stereocenters. The highest BCUT2D eigenvalue weighted by Crippen LogP contribution is 2.38. The van der Waals surface area contributed by atoms with E-state index in [1.165, 1.54) is 31.4 Å². The molecule has 0 saturated carbocycles. The lowest BCUT2D eigenvalue weighted by atomic mass is 9.98. The fourth-order valence-corrected chi connectivity index (χ4v) is 7.39. The molecule has 3 aromatic carbocycles. The molecule has 3 aromatic rings. The van der Waals surface area contributed by atoms with Gasteiger partial charge in [-0.25, -0.2) is 14.4 Å². The summed E-state index contributed by atoms with van der Waals surface area (Å²) in [4.78, 5) is 52.5. The fourth-order valence-electron chi connectivity index (χ4n) is 6.37. The van der Waals surface area contributed by atoms with Gasteiger partial charge in [-0.15, -0.1) is 0 Å². The first-order chi connectivity index (χ1) is 29.1. The molecule has 332 valence electrons. The number of methoxy groups -OCH3 is 1. The van der Waals surface area contributed by atoms with Crippen molar-refractivity contribution in [3.63, 3.8) is 0 Å². The van der Waals surface area contributed by atoms with E-state index in [2.05, 4.69) is 33.9 Å². The van der Waals surface area contributed by atoms with Gasteiger partial charge in [0.15, 0.2) is 39.2 Å². The van der Waals surface area contributed by atoms with E-state index in [9.17, 15) is 29.4 Å². The van der Waals surface area contributed by atoms with Crippen LogP contribution in [0.5, 0.6) is 0 Å². The summed E-state index contributed by atoms with van der Waals surface area (Å²) in [5, 5.41) is 23.1. The van der Waals surface area contributed by atoms with Gasteiger partial charge in [0, 0.05) is 13.0 Å². The molecule has 0 aromatic heterocycles. The number of aliphatic hydroxyl groups excluding tert-OH is 2. The molecule has 2 saturated heterocycles. The Kier molecular flexibility index (Phi) is 17.2. The van der Waals surface area contributed by atoms with E-state index in [1.54, 1.807) is 66.7 Å². The number of hydrogen-bond donors (Lipinski definition) is 2. The van der Waals surface area contributed by atoms with Gasteiger partial charge in [0.1, 0.15) is 24.4 Å². The Morgan fingerprint density at radius 3 is 1.74 bits per heavy atom. The maximum absolute atomic E-state index is 13.8. The van der Waals surface area contributed by atoms with Crippen molar-refractivity contribution in [2.45, 2.75) is 120 Å². The van der Waals surface area contributed by atoms with Crippen LogP contribution >= 0.6 is 0 Å². The lowest BCUT2D eigenvalue weighted by Gasteiger charge is -2.46. The van der Waals surface area contributed by atoms with Crippen molar-refractivity contribution in [1.29, 1.82) is 0 Å². The van der Waals surface area contributed by atoms with Gasteiger partial charge in [-0.05, 0) is 67.4 Å². The number of carbonyl (C=O) groups excluding carboxylic acids is 4. The van der Waals surface area contributed by atoms with E-state index in [4.69, 9.17) is 42.3 Å². The molecule has 0 radical (unpaired) electrons. The highest BCUT2D eigenvalue weighted by atomic mass is 28.4. The predicted octanol–water partition coefficient (Wildman–Crippen LogP) is 5.62. The second-order valence-electron chi connectivity index (χ2n) is 16.4. The summed E-state index contributed by atoms with van der Waals surface area (Å²) in [5.74, 6) is -2.75. The molecule has 16 heteroatoms. The van der Waals surface area contributed by atoms with E-state index in [0.29, 0.717) is 19.3 Å². The third-order valence-electron chi connectivity index (χ3n) is 11.0. The summed E-state index contributed by atoms with van der Waals surface area (Å²) in [6.07, 6.45) is -11.2. The average Bonchev–Trinajstić information content (AvgIpc) is 3.25. The normalized spacial score (nSPS) is 25.5. The van der Waals surface area contributed by atoms with Crippen LogP contribution in [0, 0.1) is 0 Å². The van der Waals surface area contributed by atoms with Crippen LogP contribution < -0.4 is 0 Å². The van der Waals surface area contributed by atoms with Crippen molar-refractivity contribution in [1.82, 2.24) is 0 Å². The highest BCUT2D eigenvalue weighted by molar-refractivity contribution is 6.74. The Balaban J connectivity index is 1.46. The minimum atomic E-state index is -2.33. The summed E-state index contributed by atoms with van der Waals surface area (Å²) in [5.41, 5.74) is 0.519. The summed E-state index contributed by atoms with van der Waals surface area (Å²) in [6.45, 7) is 9.98. The van der Waals surface area contributed by atoms with Gasteiger partial charge in [-0.1, -0.05) is 81.8 Å². The average molecular weight is 867 g/mol. The van der Waals surface area contributed by atoms with Crippen molar-refractivity contribution >= 4 is 32.2 Å². The molecule has 2 heterocycles. The minimum Gasteiger partial charge on any atom is -0.469 e. The van der Waals surface area contributed by atoms with E-state index in [1.807, 2.05) is 0 Å². The Labute approximate surface area is 357 Å². The van der Waals surface area contributed by atoms with Gasteiger partial charge < -0.3 is 52.5 Å². The minimum absolute atomic E-state index is 0.0519. The van der Waals surface area contributed by atoms with Crippen molar-refractivity contribution < 1.29 is 71.7 Å². The number of rotatable bonds is 18. The van der Waals surface area contributed by atoms with Gasteiger partial charge in [-0.2, -0.15) is 0 Å². The number of unbranched alkanes of at least 4 members (excludes halogenated alkanes) is 2. The zero-order chi connectivity index (χ0) is 44.2. The zero-order valence-corrected chi connectivity index (χ0v) is 36.5. The number of aliphatic hydroxyl groups is 2. The third kappa shape index (κ3) is 13.0. The molecule has 61 heavy (non-hydrogen) atoms. The topological polar surface area (TPSA) is 192 Å². The van der Waals surface area contributed by atoms with Crippen LogP contribution in [0.15, 0.2) is 91.0 Å². The van der Waals surface area contributed by atoms with Crippen LogP contribution in [0.1, 0.15) is 77.5 Å². The van der Waals surface area contributed by atoms with Crippen molar-refractivity contribution in [2.24, 2.45) is 0 Å². The lowest BCUT2D eigenvalue weighted by molar-refractivity contribution is -0.355. The first-order valence-corrected chi connectivity index (χ1v) is 23.4. The molecule has 0 spiro atoms. The summed E-state index contributed by atoms with van der Waals surface area (Å²) in [6, 6.07) is 24.3. The Morgan fingerprint density at radius 2 is 1.21 bits per heavy atom. The zero-order valence-electron chi connectivity index (χ0n) is 35.5. The summed E-state index contributed by atoms with van der Waals surface area (Å²) in [7, 11) is -1.01. The quantitative estimate of drug-likeness (QED) is 0.0692. The van der Waals surface area contributed by atoms with Crippen molar-refractivity contribution in [3.8, 4) is 0 Å². The van der Waals surface area contributed by atoms with E-state index in [0.717, 1.165) is 0 Å². The molecule has 0 unspecified atom stereocenters. The number of esters is 4. The number of carbonyl (C=O) groups is 4. The fraction of sp³-hybridized carbons (Fsp3) is 0.511. The molecule has 15 nitrogen and oxygen atoms in total. The van der Waals surface area contributed by atoms with Crippen LogP contribution in [0.25, 0.3) is 0 Å². The summed E-state index contributed by atoms with van der Waals surface area (Å²) >= 11 is 0. The Morgan fingerprint density at radius 1 is 0.689 bits per heavy atom. The summed E-state index contributed by atoms with van der Waals surface area (Å²) < 4.78 is 54.1. The maximum Gasteiger partial charge on any atom is 0.338 e.